The van der Waals surface area contributed by atoms with Gasteiger partial charge in [-0.15, -0.1) is 0 Å². The lowest BCUT2D eigenvalue weighted by atomic mass is 10.1. The standard InChI is InChI=1S/C28H32N6O9S/c1-19(29-27(36)42-17-20-3-7-22(8-4-20)33(38)39)32-16-24(44)15-25(32)26(35)30-11-2-12-31(14-13-30)28(37)43-18-21-5-9-23(10-6-21)34(40)41/h3-10,24-25,44H,2,11-18H2,1H3/t24-,25-/m0/s1. The molecule has 2 aromatic rings. The van der Waals surface area contributed by atoms with Crippen molar-refractivity contribution in [2.45, 2.75) is 44.3 Å². The van der Waals surface area contributed by atoms with Crippen LogP contribution in [0.4, 0.5) is 21.0 Å². The molecule has 44 heavy (non-hydrogen) atoms. The van der Waals surface area contributed by atoms with Crippen molar-refractivity contribution >= 4 is 47.9 Å². The maximum absolute atomic E-state index is 13.6. The van der Waals surface area contributed by atoms with Crippen molar-refractivity contribution in [2.75, 3.05) is 32.7 Å². The van der Waals surface area contributed by atoms with Gasteiger partial charge < -0.3 is 24.2 Å². The minimum absolute atomic E-state index is 0.0364. The van der Waals surface area contributed by atoms with E-state index in [2.05, 4.69) is 17.6 Å². The van der Waals surface area contributed by atoms with Crippen LogP contribution in [0.3, 0.4) is 0 Å². The summed E-state index contributed by atoms with van der Waals surface area (Å²) in [5, 5.41) is 21.5. The van der Waals surface area contributed by atoms with E-state index in [1.165, 1.54) is 53.4 Å². The van der Waals surface area contributed by atoms with Crippen molar-refractivity contribution in [3.05, 3.63) is 79.9 Å². The Kier molecular flexibility index (Phi) is 10.7. The molecule has 2 heterocycles. The number of amides is 3. The lowest BCUT2D eigenvalue weighted by Crippen LogP contribution is -2.48. The molecule has 16 heteroatoms. The van der Waals surface area contributed by atoms with Gasteiger partial charge in [-0.3, -0.25) is 25.0 Å². The molecule has 2 aromatic carbocycles. The smallest absolute Gasteiger partial charge is 0.435 e. The van der Waals surface area contributed by atoms with E-state index >= 15 is 0 Å². The SMILES string of the molecule is CC(=NC(=O)OCc1ccc([N+](=O)[O-])cc1)N1C[C@@H](S)C[C@H]1C(=O)N1CCCN(C(=O)OCc2ccc([N+](=O)[O-])cc2)CC1. The number of nitrogens with zero attached hydrogens (tertiary/aromatic N) is 6. The van der Waals surface area contributed by atoms with Crippen molar-refractivity contribution in [1.82, 2.24) is 14.7 Å². The van der Waals surface area contributed by atoms with Crippen molar-refractivity contribution < 1.29 is 33.7 Å². The van der Waals surface area contributed by atoms with E-state index in [1.807, 2.05) is 0 Å². The largest absolute Gasteiger partial charge is 0.445 e. The highest BCUT2D eigenvalue weighted by atomic mass is 32.1. The van der Waals surface area contributed by atoms with Crippen LogP contribution in [0.25, 0.3) is 0 Å². The summed E-state index contributed by atoms with van der Waals surface area (Å²) < 4.78 is 10.6. The first-order valence-corrected chi connectivity index (χ1v) is 14.4. The van der Waals surface area contributed by atoms with Gasteiger partial charge in [-0.25, -0.2) is 9.59 Å². The van der Waals surface area contributed by atoms with E-state index in [4.69, 9.17) is 9.47 Å². The molecule has 0 radical (unpaired) electrons. The number of nitro groups is 2. The fraction of sp³-hybridized carbons (Fsp3) is 0.429. The highest BCUT2D eigenvalue weighted by molar-refractivity contribution is 7.81. The summed E-state index contributed by atoms with van der Waals surface area (Å²) in [6, 6.07) is 10.8. The Morgan fingerprint density at radius 2 is 1.39 bits per heavy atom. The molecular formula is C28H32N6O9S. The topological polar surface area (TPSA) is 178 Å². The summed E-state index contributed by atoms with van der Waals surface area (Å²) >= 11 is 4.56. The van der Waals surface area contributed by atoms with E-state index in [0.29, 0.717) is 56.0 Å². The number of thiol groups is 1. The molecular weight excluding hydrogens is 596 g/mol. The number of ether oxygens (including phenoxy) is 2. The third-order valence-corrected chi connectivity index (χ3v) is 7.69. The molecule has 2 aliphatic rings. The fourth-order valence-electron chi connectivity index (χ4n) is 4.97. The zero-order valence-electron chi connectivity index (χ0n) is 23.9. The number of rotatable bonds is 7. The number of amidine groups is 1. The first kappa shape index (κ1) is 32.2. The highest BCUT2D eigenvalue weighted by Crippen LogP contribution is 2.25. The predicted molar refractivity (Wildman–Crippen MR) is 160 cm³/mol. The Balaban J connectivity index is 1.29. The third kappa shape index (κ3) is 8.43. The molecule has 3 amide bonds. The van der Waals surface area contributed by atoms with Crippen LogP contribution < -0.4 is 0 Å². The molecule has 15 nitrogen and oxygen atoms in total. The Morgan fingerprint density at radius 3 is 1.95 bits per heavy atom. The summed E-state index contributed by atoms with van der Waals surface area (Å²) in [5.74, 6) is 0.149. The Morgan fingerprint density at radius 1 is 0.864 bits per heavy atom. The Labute approximate surface area is 258 Å². The van der Waals surface area contributed by atoms with E-state index in [-0.39, 0.29) is 42.3 Å². The number of hydrogen-bond acceptors (Lipinski definition) is 10. The average Bonchev–Trinajstić information content (AvgIpc) is 3.23. The second kappa shape index (κ2) is 14.6. The maximum atomic E-state index is 13.6. The van der Waals surface area contributed by atoms with Crippen molar-refractivity contribution in [3.8, 4) is 0 Å². The molecule has 2 fully saturated rings. The van der Waals surface area contributed by atoms with Gasteiger partial charge in [0.25, 0.3) is 11.4 Å². The number of nitro benzene ring substituents is 2. The Hall–Kier alpha value is -4.73. The average molecular weight is 629 g/mol. The summed E-state index contributed by atoms with van der Waals surface area (Å²) in [6.45, 7) is 3.25. The van der Waals surface area contributed by atoms with Crippen molar-refractivity contribution in [1.29, 1.82) is 0 Å². The van der Waals surface area contributed by atoms with Crippen LogP contribution in [-0.2, 0) is 27.5 Å². The van der Waals surface area contributed by atoms with Gasteiger partial charge in [-0.2, -0.15) is 17.6 Å². The molecule has 0 aliphatic carbocycles. The first-order chi connectivity index (χ1) is 21.0. The number of hydrogen-bond donors (Lipinski definition) is 1. The lowest BCUT2D eigenvalue weighted by Gasteiger charge is -2.30. The van der Waals surface area contributed by atoms with Crippen molar-refractivity contribution in [2.24, 2.45) is 4.99 Å². The van der Waals surface area contributed by atoms with Crippen LogP contribution in [0.2, 0.25) is 0 Å². The molecule has 4 rings (SSSR count). The Bertz CT molecular complexity index is 1420. The molecule has 0 bridgehead atoms. The van der Waals surface area contributed by atoms with Gasteiger partial charge in [-0.1, -0.05) is 0 Å². The molecule has 0 unspecified atom stereocenters. The van der Waals surface area contributed by atoms with Crippen LogP contribution in [0.5, 0.6) is 0 Å². The minimum atomic E-state index is -0.854. The van der Waals surface area contributed by atoms with Crippen LogP contribution in [0, 0.1) is 20.2 Å². The number of benzene rings is 2. The van der Waals surface area contributed by atoms with Gasteiger partial charge in [0.2, 0.25) is 5.91 Å². The summed E-state index contributed by atoms with van der Waals surface area (Å²) in [4.78, 5) is 68.3. The third-order valence-electron chi connectivity index (χ3n) is 7.32. The number of likely N-dealkylation sites (tertiary alicyclic amines) is 1. The number of carbonyl (C=O) groups excluding carboxylic acids is 3. The highest BCUT2D eigenvalue weighted by Gasteiger charge is 2.39. The van der Waals surface area contributed by atoms with Gasteiger partial charge in [0.15, 0.2) is 0 Å². The maximum Gasteiger partial charge on any atom is 0.435 e. The van der Waals surface area contributed by atoms with E-state index in [0.717, 1.165) is 0 Å². The fourth-order valence-corrected chi connectivity index (χ4v) is 5.35. The summed E-state index contributed by atoms with van der Waals surface area (Å²) in [7, 11) is 0. The number of aliphatic imine (C=N–C) groups is 1. The van der Waals surface area contributed by atoms with Crippen molar-refractivity contribution in [3.63, 3.8) is 0 Å². The molecule has 2 saturated heterocycles. The predicted octanol–water partition coefficient (Wildman–Crippen LogP) is 3.80. The van der Waals surface area contributed by atoms with Gasteiger partial charge >= 0.3 is 12.2 Å². The van der Waals surface area contributed by atoms with Gasteiger partial charge in [0.1, 0.15) is 25.1 Å². The van der Waals surface area contributed by atoms with Crippen LogP contribution >= 0.6 is 12.6 Å². The van der Waals surface area contributed by atoms with Gasteiger partial charge in [0.05, 0.1) is 9.85 Å². The van der Waals surface area contributed by atoms with Crippen LogP contribution in [0.15, 0.2) is 53.5 Å². The van der Waals surface area contributed by atoms with E-state index in [1.54, 1.807) is 16.7 Å². The molecule has 0 aromatic heterocycles. The molecule has 0 N–H and O–H groups in total. The first-order valence-electron chi connectivity index (χ1n) is 13.9. The monoisotopic (exact) mass is 628 g/mol. The van der Waals surface area contributed by atoms with Gasteiger partial charge in [-0.05, 0) is 55.2 Å². The lowest BCUT2D eigenvalue weighted by molar-refractivity contribution is -0.385. The molecule has 0 saturated carbocycles. The zero-order valence-corrected chi connectivity index (χ0v) is 24.8. The quantitative estimate of drug-likeness (QED) is 0.156. The second-order valence-corrected chi connectivity index (χ2v) is 11.1. The van der Waals surface area contributed by atoms with E-state index in [9.17, 15) is 34.6 Å². The molecule has 0 spiro atoms. The van der Waals surface area contributed by atoms with Gasteiger partial charge in [0, 0.05) is 62.2 Å². The molecule has 234 valence electrons. The zero-order chi connectivity index (χ0) is 31.8. The second-order valence-electron chi connectivity index (χ2n) is 10.3. The normalized spacial score (nSPS) is 18.9. The summed E-state index contributed by atoms with van der Waals surface area (Å²) in [5.41, 5.74) is 1.05. The number of carbonyl (C=O) groups is 3. The van der Waals surface area contributed by atoms with Crippen LogP contribution in [0.1, 0.15) is 30.9 Å². The van der Waals surface area contributed by atoms with E-state index < -0.39 is 28.1 Å². The molecule has 2 atom stereocenters. The number of non-ortho nitro benzene ring substituents is 2. The minimum Gasteiger partial charge on any atom is -0.445 e. The summed E-state index contributed by atoms with van der Waals surface area (Å²) in [6.07, 6.45) is -0.403. The van der Waals surface area contributed by atoms with Crippen LogP contribution in [-0.4, -0.2) is 92.5 Å². The molecule has 2 aliphatic heterocycles.